The van der Waals surface area contributed by atoms with Gasteiger partial charge in [-0.3, -0.25) is 0 Å². The van der Waals surface area contributed by atoms with E-state index in [-0.39, 0.29) is 6.54 Å². The molecule has 0 aliphatic heterocycles. The van der Waals surface area contributed by atoms with Gasteiger partial charge in [0.25, 0.3) is 0 Å². The summed E-state index contributed by atoms with van der Waals surface area (Å²) in [4.78, 5) is 4.61. The van der Waals surface area contributed by atoms with E-state index in [1.807, 2.05) is 0 Å². The molecule has 1 aromatic heterocycles. The first kappa shape index (κ1) is 17.3. The minimum absolute atomic E-state index is 0.272. The van der Waals surface area contributed by atoms with Crippen LogP contribution in [0.25, 0.3) is 0 Å². The van der Waals surface area contributed by atoms with Crippen LogP contribution in [0.5, 0.6) is 0 Å². The number of nitrogens with one attached hydrogen (secondary N) is 2. The van der Waals surface area contributed by atoms with Crippen molar-refractivity contribution < 1.29 is 9.52 Å². The summed E-state index contributed by atoms with van der Waals surface area (Å²) in [7, 11) is 0. The average Bonchev–Trinajstić information content (AvgIpc) is 3.24. The lowest BCUT2D eigenvalue weighted by Gasteiger charge is -2.33. The molecule has 2 aliphatic rings. The van der Waals surface area contributed by atoms with E-state index in [9.17, 15) is 5.11 Å². The Kier molecular flexibility index (Phi) is 5.49. The van der Waals surface area contributed by atoms with Gasteiger partial charge in [0.1, 0.15) is 11.4 Å². The molecule has 2 fully saturated rings. The van der Waals surface area contributed by atoms with Gasteiger partial charge in [-0.05, 0) is 57.1 Å². The second-order valence-corrected chi connectivity index (χ2v) is 7.55. The number of aliphatic imine (C=N–C) groups is 1. The number of nitrogens with zero attached hydrogens (tertiary/aromatic N) is 1. The topological polar surface area (TPSA) is 69.8 Å². The highest BCUT2D eigenvalue weighted by atomic mass is 16.4. The second-order valence-electron chi connectivity index (χ2n) is 7.55. The summed E-state index contributed by atoms with van der Waals surface area (Å²) in [6.45, 7) is 4.89. The van der Waals surface area contributed by atoms with Crippen molar-refractivity contribution in [3.63, 3.8) is 0 Å². The van der Waals surface area contributed by atoms with Crippen LogP contribution in [-0.2, 0) is 5.60 Å². The zero-order valence-electron chi connectivity index (χ0n) is 14.9. The van der Waals surface area contributed by atoms with Crippen molar-refractivity contribution >= 4 is 5.96 Å². The number of aliphatic hydroxyl groups is 1. The summed E-state index contributed by atoms with van der Waals surface area (Å²) in [5.41, 5.74) is -1.09. The molecule has 0 amide bonds. The lowest BCUT2D eigenvalue weighted by atomic mass is 9.79. The summed E-state index contributed by atoms with van der Waals surface area (Å²) in [6, 6.07) is 4.07. The van der Waals surface area contributed by atoms with Crippen molar-refractivity contribution in [2.75, 3.05) is 13.1 Å². The molecule has 24 heavy (non-hydrogen) atoms. The van der Waals surface area contributed by atoms with E-state index in [1.165, 1.54) is 38.5 Å². The molecule has 2 saturated carbocycles. The van der Waals surface area contributed by atoms with Crippen LogP contribution in [0.15, 0.2) is 27.8 Å². The van der Waals surface area contributed by atoms with Crippen LogP contribution in [0.3, 0.4) is 0 Å². The Morgan fingerprint density at radius 3 is 2.92 bits per heavy atom. The van der Waals surface area contributed by atoms with Crippen LogP contribution < -0.4 is 10.6 Å². The molecule has 0 bridgehead atoms. The monoisotopic (exact) mass is 333 g/mol. The van der Waals surface area contributed by atoms with Gasteiger partial charge in [0.05, 0.1) is 12.8 Å². The maximum Gasteiger partial charge on any atom is 0.191 e. The van der Waals surface area contributed by atoms with Gasteiger partial charge in [0.15, 0.2) is 5.96 Å². The minimum atomic E-state index is -1.09. The van der Waals surface area contributed by atoms with Crippen molar-refractivity contribution in [1.82, 2.24) is 10.6 Å². The zero-order valence-corrected chi connectivity index (χ0v) is 14.9. The van der Waals surface area contributed by atoms with Gasteiger partial charge in [0, 0.05) is 12.6 Å². The Labute approximate surface area is 144 Å². The van der Waals surface area contributed by atoms with Crippen molar-refractivity contribution in [2.24, 2.45) is 16.8 Å². The Hall–Kier alpha value is -1.49. The fourth-order valence-corrected chi connectivity index (χ4v) is 4.24. The quantitative estimate of drug-likeness (QED) is 0.572. The number of furan rings is 1. The Morgan fingerprint density at radius 1 is 1.33 bits per heavy atom. The summed E-state index contributed by atoms with van der Waals surface area (Å²) < 4.78 is 5.33. The third-order valence-electron chi connectivity index (χ3n) is 5.57. The fraction of sp³-hybridized carbons (Fsp3) is 0.737. The average molecular weight is 333 g/mol. The molecule has 0 radical (unpaired) electrons. The maximum atomic E-state index is 10.6. The second kappa shape index (κ2) is 7.60. The molecule has 0 spiro atoms. The molecule has 1 aromatic rings. The van der Waals surface area contributed by atoms with Gasteiger partial charge in [0.2, 0.25) is 0 Å². The molecule has 0 aromatic carbocycles. The zero-order chi connectivity index (χ0) is 17.0. The van der Waals surface area contributed by atoms with Crippen molar-refractivity contribution in [3.8, 4) is 0 Å². The predicted octanol–water partition coefficient (Wildman–Crippen LogP) is 3.01. The lowest BCUT2D eigenvalue weighted by Crippen LogP contribution is -2.46. The number of guanidine groups is 1. The lowest BCUT2D eigenvalue weighted by molar-refractivity contribution is 0.0436. The third-order valence-corrected chi connectivity index (χ3v) is 5.57. The van der Waals surface area contributed by atoms with Crippen LogP contribution in [-0.4, -0.2) is 30.2 Å². The Bertz CT molecular complexity index is 539. The van der Waals surface area contributed by atoms with Gasteiger partial charge >= 0.3 is 0 Å². The SMILES string of the molecule is CCNC(=NCC(C)(O)c1ccco1)NC1CCC2CCCC2C1. The number of hydrogen-bond acceptors (Lipinski definition) is 3. The fourth-order valence-electron chi connectivity index (χ4n) is 4.24. The Morgan fingerprint density at radius 2 is 2.17 bits per heavy atom. The molecule has 2 aliphatic carbocycles. The summed E-state index contributed by atoms with van der Waals surface area (Å²) in [5, 5.41) is 17.5. The van der Waals surface area contributed by atoms with Gasteiger partial charge < -0.3 is 20.2 Å². The van der Waals surface area contributed by atoms with E-state index in [4.69, 9.17) is 4.42 Å². The van der Waals surface area contributed by atoms with E-state index >= 15 is 0 Å². The highest BCUT2D eigenvalue weighted by Crippen LogP contribution is 2.42. The molecule has 5 heteroatoms. The molecule has 5 nitrogen and oxygen atoms in total. The van der Waals surface area contributed by atoms with Crippen LogP contribution in [0.4, 0.5) is 0 Å². The highest BCUT2D eigenvalue weighted by Gasteiger charge is 2.34. The highest BCUT2D eigenvalue weighted by molar-refractivity contribution is 5.80. The molecule has 3 N–H and O–H groups in total. The van der Waals surface area contributed by atoms with E-state index in [1.54, 1.807) is 25.3 Å². The van der Waals surface area contributed by atoms with Crippen molar-refractivity contribution in [1.29, 1.82) is 0 Å². The normalized spacial score (nSPS) is 29.8. The van der Waals surface area contributed by atoms with Gasteiger partial charge in [-0.25, -0.2) is 4.99 Å². The van der Waals surface area contributed by atoms with Crippen molar-refractivity contribution in [3.05, 3.63) is 24.2 Å². The van der Waals surface area contributed by atoms with Crippen molar-refractivity contribution in [2.45, 2.75) is 64.0 Å². The molecule has 0 saturated heterocycles. The predicted molar refractivity (Wildman–Crippen MR) is 95.9 cm³/mol. The standard InChI is InChI=1S/C19H31N3O2/c1-3-20-18(21-13-19(2,23)17-8-5-11-24-17)22-16-10-9-14-6-4-7-15(14)12-16/h5,8,11,14-16,23H,3-4,6-7,9-10,12-13H2,1-2H3,(H2,20,21,22). The Balaban J connectivity index is 1.59. The first-order valence-electron chi connectivity index (χ1n) is 9.39. The number of fused-ring (bicyclic) bond motifs is 1. The molecular weight excluding hydrogens is 302 g/mol. The maximum absolute atomic E-state index is 10.6. The van der Waals surface area contributed by atoms with Gasteiger partial charge in [-0.2, -0.15) is 0 Å². The van der Waals surface area contributed by atoms with Crippen LogP contribution in [0.2, 0.25) is 0 Å². The number of hydrogen-bond donors (Lipinski definition) is 3. The molecular formula is C19H31N3O2. The van der Waals surface area contributed by atoms with E-state index in [2.05, 4.69) is 22.5 Å². The largest absolute Gasteiger partial charge is 0.466 e. The molecule has 134 valence electrons. The van der Waals surface area contributed by atoms with Crippen LogP contribution in [0.1, 0.15) is 58.1 Å². The summed E-state index contributed by atoms with van der Waals surface area (Å²) >= 11 is 0. The van der Waals surface area contributed by atoms with Gasteiger partial charge in [-0.1, -0.05) is 19.3 Å². The summed E-state index contributed by atoms with van der Waals surface area (Å²) in [5.74, 6) is 3.20. The van der Waals surface area contributed by atoms with Gasteiger partial charge in [-0.15, -0.1) is 0 Å². The minimum Gasteiger partial charge on any atom is -0.466 e. The smallest absolute Gasteiger partial charge is 0.191 e. The molecule has 4 unspecified atom stereocenters. The number of rotatable bonds is 5. The van der Waals surface area contributed by atoms with E-state index in [0.717, 1.165) is 24.3 Å². The van der Waals surface area contributed by atoms with E-state index < -0.39 is 5.60 Å². The van der Waals surface area contributed by atoms with E-state index in [0.29, 0.717) is 11.8 Å². The summed E-state index contributed by atoms with van der Waals surface area (Å²) in [6.07, 6.45) is 9.62. The molecule has 3 rings (SSSR count). The molecule has 4 atom stereocenters. The van der Waals surface area contributed by atoms with Crippen LogP contribution in [0, 0.1) is 11.8 Å². The van der Waals surface area contributed by atoms with Crippen LogP contribution >= 0.6 is 0 Å². The third kappa shape index (κ3) is 4.12. The molecule has 1 heterocycles. The first-order chi connectivity index (χ1) is 11.6. The first-order valence-corrected chi connectivity index (χ1v) is 9.39.